The lowest BCUT2D eigenvalue weighted by molar-refractivity contribution is -0.164. The summed E-state index contributed by atoms with van der Waals surface area (Å²) in [5.41, 5.74) is -2.54. The van der Waals surface area contributed by atoms with Gasteiger partial charge in [0.15, 0.2) is 6.10 Å². The SMILES string of the molecule is CCCC(O)C(=O)OCC(CO)(CO)COCC(CO)(CO)CO. The summed E-state index contributed by atoms with van der Waals surface area (Å²) in [6.45, 7) is -1.66. The molecule has 0 aliphatic rings. The van der Waals surface area contributed by atoms with Crippen LogP contribution in [0.2, 0.25) is 0 Å². The van der Waals surface area contributed by atoms with Gasteiger partial charge in [-0.15, -0.1) is 0 Å². The van der Waals surface area contributed by atoms with Gasteiger partial charge in [-0.05, 0) is 6.42 Å². The Hall–Kier alpha value is -0.810. The highest BCUT2D eigenvalue weighted by Gasteiger charge is 2.35. The van der Waals surface area contributed by atoms with Crippen molar-refractivity contribution in [3.63, 3.8) is 0 Å². The molecule has 9 heteroatoms. The first-order valence-corrected chi connectivity index (χ1v) is 7.85. The van der Waals surface area contributed by atoms with E-state index in [-0.39, 0.29) is 26.2 Å². The summed E-state index contributed by atoms with van der Waals surface area (Å²) in [6, 6.07) is 0. The second-order valence-electron chi connectivity index (χ2n) is 6.20. The van der Waals surface area contributed by atoms with E-state index in [1.165, 1.54) is 0 Å². The number of carbonyl (C=O) groups is 1. The summed E-state index contributed by atoms with van der Waals surface area (Å²) in [7, 11) is 0. The maximum absolute atomic E-state index is 11.6. The van der Waals surface area contributed by atoms with Crippen molar-refractivity contribution < 1.29 is 44.9 Å². The summed E-state index contributed by atoms with van der Waals surface area (Å²) in [5, 5.41) is 56.1. The van der Waals surface area contributed by atoms with Crippen LogP contribution in [0, 0.1) is 10.8 Å². The predicted molar refractivity (Wildman–Crippen MR) is 83.0 cm³/mol. The number of aliphatic hydroxyl groups is 6. The van der Waals surface area contributed by atoms with Crippen LogP contribution in [0.1, 0.15) is 19.8 Å². The quantitative estimate of drug-likeness (QED) is 0.188. The lowest BCUT2D eigenvalue weighted by Gasteiger charge is -2.32. The first kappa shape index (κ1) is 23.2. The van der Waals surface area contributed by atoms with E-state index >= 15 is 0 Å². The molecule has 0 aromatic heterocycles. The van der Waals surface area contributed by atoms with E-state index in [2.05, 4.69) is 0 Å². The minimum atomic E-state index is -1.30. The summed E-state index contributed by atoms with van der Waals surface area (Å²) >= 11 is 0. The van der Waals surface area contributed by atoms with Crippen LogP contribution in [0.15, 0.2) is 0 Å². The third-order valence-electron chi connectivity index (χ3n) is 3.85. The maximum Gasteiger partial charge on any atom is 0.334 e. The number of hydrogen-bond acceptors (Lipinski definition) is 9. The lowest BCUT2D eigenvalue weighted by atomic mass is 9.90. The molecule has 1 unspecified atom stereocenters. The van der Waals surface area contributed by atoms with Crippen LogP contribution in [0.5, 0.6) is 0 Å². The molecule has 24 heavy (non-hydrogen) atoms. The third kappa shape index (κ3) is 6.98. The Morgan fingerprint density at radius 1 is 0.875 bits per heavy atom. The van der Waals surface area contributed by atoms with Gasteiger partial charge in [0, 0.05) is 0 Å². The molecule has 0 saturated heterocycles. The third-order valence-corrected chi connectivity index (χ3v) is 3.85. The monoisotopic (exact) mass is 354 g/mol. The minimum absolute atomic E-state index is 0.218. The standard InChI is InChI=1S/C15H30O9/c1-2-3-12(21)13(22)24-11-15(7-19,8-20)10-23-9-14(4-16,5-17)6-18/h12,16-21H,2-11H2,1H3. The molecule has 144 valence electrons. The Morgan fingerprint density at radius 2 is 1.33 bits per heavy atom. The Morgan fingerprint density at radius 3 is 1.75 bits per heavy atom. The van der Waals surface area contributed by atoms with Gasteiger partial charge in [-0.2, -0.15) is 0 Å². The van der Waals surface area contributed by atoms with Gasteiger partial charge in [-0.25, -0.2) is 4.79 Å². The topological polar surface area (TPSA) is 157 Å². The van der Waals surface area contributed by atoms with Gasteiger partial charge in [0.2, 0.25) is 0 Å². The first-order chi connectivity index (χ1) is 11.4. The molecule has 0 saturated carbocycles. The summed E-state index contributed by atoms with van der Waals surface area (Å²) in [6.07, 6.45) is -0.431. The molecule has 0 aliphatic heterocycles. The molecule has 0 bridgehead atoms. The van der Waals surface area contributed by atoms with Crippen LogP contribution in [0.3, 0.4) is 0 Å². The molecule has 0 fully saturated rings. The number of esters is 1. The number of hydrogen-bond donors (Lipinski definition) is 6. The molecule has 0 aliphatic carbocycles. The van der Waals surface area contributed by atoms with Crippen molar-refractivity contribution in [2.75, 3.05) is 52.9 Å². The van der Waals surface area contributed by atoms with E-state index in [0.717, 1.165) is 0 Å². The Labute approximate surface area is 141 Å². The van der Waals surface area contributed by atoms with Crippen molar-refractivity contribution >= 4 is 5.97 Å². The van der Waals surface area contributed by atoms with E-state index in [4.69, 9.17) is 9.47 Å². The van der Waals surface area contributed by atoms with Gasteiger partial charge in [0.25, 0.3) is 0 Å². The largest absolute Gasteiger partial charge is 0.463 e. The molecular formula is C15H30O9. The molecule has 0 heterocycles. The summed E-state index contributed by atoms with van der Waals surface area (Å²) in [5.74, 6) is -0.849. The van der Waals surface area contributed by atoms with Gasteiger partial charge in [0.1, 0.15) is 6.61 Å². The highest BCUT2D eigenvalue weighted by Crippen LogP contribution is 2.21. The molecule has 0 rings (SSSR count). The van der Waals surface area contributed by atoms with Crippen molar-refractivity contribution in [3.05, 3.63) is 0 Å². The average molecular weight is 354 g/mol. The van der Waals surface area contributed by atoms with Crippen molar-refractivity contribution in [1.82, 2.24) is 0 Å². The van der Waals surface area contributed by atoms with Crippen molar-refractivity contribution in [2.45, 2.75) is 25.9 Å². The fraction of sp³-hybridized carbons (Fsp3) is 0.933. The van der Waals surface area contributed by atoms with Crippen LogP contribution < -0.4 is 0 Å². The van der Waals surface area contributed by atoms with Crippen molar-refractivity contribution in [2.24, 2.45) is 10.8 Å². The molecule has 0 aromatic carbocycles. The zero-order valence-corrected chi connectivity index (χ0v) is 14.1. The lowest BCUT2D eigenvalue weighted by Crippen LogP contribution is -2.44. The smallest absolute Gasteiger partial charge is 0.334 e. The molecule has 0 radical (unpaired) electrons. The van der Waals surface area contributed by atoms with Gasteiger partial charge in [0.05, 0.1) is 57.1 Å². The van der Waals surface area contributed by atoms with E-state index in [1.54, 1.807) is 6.92 Å². The zero-order valence-electron chi connectivity index (χ0n) is 14.1. The molecule has 0 aromatic rings. The number of rotatable bonds is 14. The molecule has 0 amide bonds. The van der Waals surface area contributed by atoms with Gasteiger partial charge < -0.3 is 40.1 Å². The highest BCUT2D eigenvalue weighted by atomic mass is 16.6. The number of ether oxygens (including phenoxy) is 2. The second-order valence-corrected chi connectivity index (χ2v) is 6.20. The highest BCUT2D eigenvalue weighted by molar-refractivity contribution is 5.74. The van der Waals surface area contributed by atoms with Crippen LogP contribution in [-0.4, -0.2) is 95.6 Å². The van der Waals surface area contributed by atoms with Gasteiger partial charge in [-0.1, -0.05) is 13.3 Å². The van der Waals surface area contributed by atoms with Crippen LogP contribution in [-0.2, 0) is 14.3 Å². The number of aliphatic hydroxyl groups excluding tert-OH is 6. The molecule has 1 atom stereocenters. The van der Waals surface area contributed by atoms with Gasteiger partial charge >= 0.3 is 5.97 Å². The summed E-state index contributed by atoms with van der Waals surface area (Å²) in [4.78, 5) is 11.6. The fourth-order valence-electron chi connectivity index (χ4n) is 1.76. The minimum Gasteiger partial charge on any atom is -0.463 e. The fourth-order valence-corrected chi connectivity index (χ4v) is 1.76. The van der Waals surface area contributed by atoms with Crippen LogP contribution in [0.25, 0.3) is 0 Å². The summed E-state index contributed by atoms with van der Waals surface area (Å²) < 4.78 is 10.2. The zero-order chi connectivity index (χ0) is 18.6. The van der Waals surface area contributed by atoms with Crippen LogP contribution >= 0.6 is 0 Å². The first-order valence-electron chi connectivity index (χ1n) is 7.85. The Bertz CT molecular complexity index is 332. The molecular weight excluding hydrogens is 324 g/mol. The van der Waals surface area contributed by atoms with E-state index in [9.17, 15) is 35.4 Å². The maximum atomic E-state index is 11.6. The van der Waals surface area contributed by atoms with E-state index in [0.29, 0.717) is 6.42 Å². The van der Waals surface area contributed by atoms with Crippen LogP contribution in [0.4, 0.5) is 0 Å². The number of carbonyl (C=O) groups excluding carboxylic acids is 1. The normalized spacial score (nSPS) is 13.8. The Balaban J connectivity index is 4.63. The predicted octanol–water partition coefficient (Wildman–Crippen LogP) is -2.36. The molecule has 6 N–H and O–H groups in total. The van der Waals surface area contributed by atoms with E-state index in [1.807, 2.05) is 0 Å². The molecule has 0 spiro atoms. The van der Waals surface area contributed by atoms with Crippen molar-refractivity contribution in [1.29, 1.82) is 0 Å². The van der Waals surface area contributed by atoms with Gasteiger partial charge in [-0.3, -0.25) is 0 Å². The average Bonchev–Trinajstić information content (AvgIpc) is 2.62. The van der Waals surface area contributed by atoms with Crippen molar-refractivity contribution in [3.8, 4) is 0 Å². The van der Waals surface area contributed by atoms with E-state index < -0.39 is 55.9 Å². The molecule has 9 nitrogen and oxygen atoms in total. The second kappa shape index (κ2) is 11.7. The Kier molecular flexibility index (Phi) is 11.3.